The van der Waals surface area contributed by atoms with Gasteiger partial charge in [0.15, 0.2) is 0 Å². The molecule has 1 saturated heterocycles. The number of halogens is 2. The molecule has 0 spiro atoms. The third-order valence-electron chi connectivity index (χ3n) is 4.58. The van der Waals surface area contributed by atoms with Crippen molar-refractivity contribution in [2.75, 3.05) is 19.7 Å². The first-order chi connectivity index (χ1) is 10.4. The Bertz CT molecular complexity index is 584. The lowest BCUT2D eigenvalue weighted by Gasteiger charge is -2.27. The highest BCUT2D eigenvalue weighted by atomic mass is 79.9. The molecule has 23 heavy (non-hydrogen) atoms. The number of nitrogens with one attached hydrogen (secondary N) is 2. The van der Waals surface area contributed by atoms with Gasteiger partial charge in [-0.1, -0.05) is 15.9 Å². The Morgan fingerprint density at radius 2 is 2.04 bits per heavy atom. The molecule has 1 amide bonds. The van der Waals surface area contributed by atoms with Crippen molar-refractivity contribution in [2.24, 2.45) is 17.8 Å². The predicted molar refractivity (Wildman–Crippen MR) is 97.2 cm³/mol. The minimum absolute atomic E-state index is 0. The molecule has 2 aliphatic rings. The average Bonchev–Trinajstić information content (AvgIpc) is 2.91. The van der Waals surface area contributed by atoms with Crippen LogP contribution in [-0.2, 0) is 4.79 Å². The molecule has 1 heterocycles. The van der Waals surface area contributed by atoms with Crippen LogP contribution < -0.4 is 15.4 Å². The van der Waals surface area contributed by atoms with E-state index in [1.165, 1.54) is 0 Å². The maximum absolute atomic E-state index is 12.4. The summed E-state index contributed by atoms with van der Waals surface area (Å²) in [6, 6.07) is 5.94. The van der Waals surface area contributed by atoms with E-state index in [0.29, 0.717) is 18.4 Å². The number of piperidine rings is 1. The molecule has 1 aliphatic heterocycles. The van der Waals surface area contributed by atoms with Gasteiger partial charge < -0.3 is 15.4 Å². The quantitative estimate of drug-likeness (QED) is 0.795. The van der Waals surface area contributed by atoms with Crippen molar-refractivity contribution in [1.82, 2.24) is 10.6 Å². The van der Waals surface area contributed by atoms with Crippen molar-refractivity contribution >= 4 is 34.2 Å². The summed E-state index contributed by atoms with van der Waals surface area (Å²) in [6.07, 6.45) is 0. The summed E-state index contributed by atoms with van der Waals surface area (Å²) in [6.45, 7) is 8.46. The normalized spacial score (nSPS) is 25.3. The van der Waals surface area contributed by atoms with Gasteiger partial charge in [0.05, 0.1) is 5.54 Å². The summed E-state index contributed by atoms with van der Waals surface area (Å²) >= 11 is 3.45. The highest BCUT2D eigenvalue weighted by Crippen LogP contribution is 2.48. The lowest BCUT2D eigenvalue weighted by atomic mass is 10.1. The summed E-state index contributed by atoms with van der Waals surface area (Å²) < 4.78 is 6.94. The van der Waals surface area contributed by atoms with Crippen LogP contribution in [0.1, 0.15) is 19.4 Å². The van der Waals surface area contributed by atoms with Crippen LogP contribution in [0.2, 0.25) is 0 Å². The van der Waals surface area contributed by atoms with Gasteiger partial charge in [0.2, 0.25) is 5.91 Å². The minimum atomic E-state index is -0.374. The van der Waals surface area contributed by atoms with E-state index >= 15 is 0 Å². The van der Waals surface area contributed by atoms with Crippen LogP contribution in [0.3, 0.4) is 0 Å². The fourth-order valence-electron chi connectivity index (χ4n) is 3.29. The average molecular weight is 404 g/mol. The van der Waals surface area contributed by atoms with Crippen LogP contribution >= 0.6 is 28.3 Å². The summed E-state index contributed by atoms with van der Waals surface area (Å²) in [4.78, 5) is 12.4. The van der Waals surface area contributed by atoms with Crippen LogP contribution in [-0.4, -0.2) is 31.1 Å². The Kier molecular flexibility index (Phi) is 5.64. The lowest BCUT2D eigenvalue weighted by molar-refractivity contribution is -0.125. The Balaban J connectivity index is 0.00000192. The molecule has 1 aliphatic carbocycles. The number of carbonyl (C=O) groups is 1. The van der Waals surface area contributed by atoms with Gasteiger partial charge >= 0.3 is 0 Å². The van der Waals surface area contributed by atoms with Crippen LogP contribution in [0.15, 0.2) is 22.7 Å². The minimum Gasteiger partial charge on any atom is -0.491 e. The molecule has 0 aromatic heterocycles. The molecule has 128 valence electrons. The Morgan fingerprint density at radius 1 is 1.39 bits per heavy atom. The van der Waals surface area contributed by atoms with E-state index < -0.39 is 0 Å². The molecule has 4 nitrogen and oxygen atoms in total. The molecule has 3 rings (SSSR count). The van der Waals surface area contributed by atoms with Gasteiger partial charge in [-0.05, 0) is 69.5 Å². The molecular weight excluding hydrogens is 380 g/mol. The number of amides is 1. The third kappa shape index (κ3) is 4.20. The van der Waals surface area contributed by atoms with Gasteiger partial charge in [-0.25, -0.2) is 0 Å². The number of rotatable bonds is 5. The topological polar surface area (TPSA) is 50.4 Å². The molecule has 1 aromatic carbocycles. The first-order valence-corrected chi connectivity index (χ1v) is 8.58. The predicted octanol–water partition coefficient (Wildman–Crippen LogP) is 2.92. The number of ether oxygens (including phenoxy) is 1. The van der Waals surface area contributed by atoms with E-state index in [9.17, 15) is 4.79 Å². The zero-order chi connectivity index (χ0) is 15.9. The molecule has 1 aromatic rings. The second-order valence-corrected chi connectivity index (χ2v) is 8.00. The number of hydrogen-bond acceptors (Lipinski definition) is 3. The molecular formula is C17H24BrClN2O2. The Morgan fingerprint density at radius 3 is 2.65 bits per heavy atom. The largest absolute Gasteiger partial charge is 0.491 e. The third-order valence-corrected chi connectivity index (χ3v) is 5.07. The molecule has 1 saturated carbocycles. The number of benzene rings is 1. The number of carbonyl (C=O) groups excluding carboxylic acids is 1. The maximum Gasteiger partial charge on any atom is 0.224 e. The molecule has 1 unspecified atom stereocenters. The monoisotopic (exact) mass is 402 g/mol. The van der Waals surface area contributed by atoms with Gasteiger partial charge in [0, 0.05) is 10.4 Å². The second kappa shape index (κ2) is 6.99. The van der Waals surface area contributed by atoms with Gasteiger partial charge in [-0.15, -0.1) is 12.4 Å². The number of hydrogen-bond donors (Lipinski definition) is 2. The Labute approximate surface area is 152 Å². The molecule has 6 heteroatoms. The summed E-state index contributed by atoms with van der Waals surface area (Å²) in [5.41, 5.74) is 0.709. The molecule has 0 radical (unpaired) electrons. The van der Waals surface area contributed by atoms with E-state index in [-0.39, 0.29) is 29.8 Å². The van der Waals surface area contributed by atoms with Crippen LogP contribution in [0.25, 0.3) is 0 Å². The van der Waals surface area contributed by atoms with Crippen LogP contribution in [0.5, 0.6) is 5.75 Å². The number of fused-ring (bicyclic) bond motifs is 1. The van der Waals surface area contributed by atoms with Crippen molar-refractivity contribution in [3.8, 4) is 5.75 Å². The smallest absolute Gasteiger partial charge is 0.224 e. The summed E-state index contributed by atoms with van der Waals surface area (Å²) in [7, 11) is 0. The Hall–Kier alpha value is -0.780. The molecule has 2 fully saturated rings. The maximum atomic E-state index is 12.4. The van der Waals surface area contributed by atoms with E-state index in [0.717, 1.165) is 28.9 Å². The standard InChI is InChI=1S/C17H23BrN2O2.ClH/c1-10-6-11(18)4-5-14(10)22-9-17(2,3)20-16(21)15-12-7-19-8-13(12)15;/h4-6,12-13,15,19H,7-9H2,1-3H3,(H,20,21);1H/t12-,13+,15?;. The van der Waals surface area contributed by atoms with E-state index in [1.54, 1.807) is 0 Å². The zero-order valence-corrected chi connectivity index (χ0v) is 16.1. The van der Waals surface area contributed by atoms with Crippen LogP contribution in [0.4, 0.5) is 0 Å². The first-order valence-electron chi connectivity index (χ1n) is 7.79. The molecule has 3 atom stereocenters. The zero-order valence-electron chi connectivity index (χ0n) is 13.7. The molecule has 2 N–H and O–H groups in total. The van der Waals surface area contributed by atoms with Crippen LogP contribution in [0, 0.1) is 24.7 Å². The van der Waals surface area contributed by atoms with Crippen molar-refractivity contribution in [1.29, 1.82) is 0 Å². The second-order valence-electron chi connectivity index (χ2n) is 7.08. The van der Waals surface area contributed by atoms with Gasteiger partial charge in [-0.3, -0.25) is 4.79 Å². The van der Waals surface area contributed by atoms with Crippen molar-refractivity contribution in [3.05, 3.63) is 28.2 Å². The van der Waals surface area contributed by atoms with Crippen molar-refractivity contribution in [2.45, 2.75) is 26.3 Å². The fraction of sp³-hybridized carbons (Fsp3) is 0.588. The van der Waals surface area contributed by atoms with E-state index in [2.05, 4.69) is 26.6 Å². The van der Waals surface area contributed by atoms with Crippen molar-refractivity contribution in [3.63, 3.8) is 0 Å². The van der Waals surface area contributed by atoms with E-state index in [1.807, 2.05) is 39.0 Å². The highest BCUT2D eigenvalue weighted by Gasteiger charge is 2.57. The first kappa shape index (κ1) is 18.6. The van der Waals surface area contributed by atoms with E-state index in [4.69, 9.17) is 4.74 Å². The highest BCUT2D eigenvalue weighted by molar-refractivity contribution is 9.10. The lowest BCUT2D eigenvalue weighted by Crippen LogP contribution is -2.49. The summed E-state index contributed by atoms with van der Waals surface area (Å²) in [5.74, 6) is 2.33. The van der Waals surface area contributed by atoms with Gasteiger partial charge in [0.1, 0.15) is 12.4 Å². The molecule has 0 bridgehead atoms. The van der Waals surface area contributed by atoms with Gasteiger partial charge in [-0.2, -0.15) is 0 Å². The fourth-order valence-corrected chi connectivity index (χ4v) is 3.77. The number of aryl methyl sites for hydroxylation is 1. The van der Waals surface area contributed by atoms with Gasteiger partial charge in [0.25, 0.3) is 0 Å². The summed E-state index contributed by atoms with van der Waals surface area (Å²) in [5, 5.41) is 6.47. The SMILES string of the molecule is Cc1cc(Br)ccc1OCC(C)(C)NC(=O)C1[C@H]2CNC[C@@H]12.Cl. The van der Waals surface area contributed by atoms with Crippen molar-refractivity contribution < 1.29 is 9.53 Å².